The van der Waals surface area contributed by atoms with E-state index in [1.54, 1.807) is 0 Å². The maximum absolute atomic E-state index is 12.5. The van der Waals surface area contributed by atoms with Crippen LogP contribution in [0, 0.1) is 0 Å². The number of aliphatic carboxylic acids is 1. The summed E-state index contributed by atoms with van der Waals surface area (Å²) < 4.78 is 5.83. The fraction of sp³-hybridized carbons (Fsp3) is 0.846. The highest BCUT2D eigenvalue weighted by molar-refractivity contribution is 5.69. The van der Waals surface area contributed by atoms with Crippen molar-refractivity contribution in [2.45, 2.75) is 213 Å². The molecule has 0 heterocycles. The molecule has 0 saturated heterocycles. The third kappa shape index (κ3) is 34.8. The molecule has 0 aromatic heterocycles. The molecule has 252 valence electrons. The average molecular weight is 605 g/mol. The number of carboxylic acids is 1. The predicted molar refractivity (Wildman–Crippen MR) is 186 cm³/mol. The smallest absolute Gasteiger partial charge is 0.306 e. The molecule has 1 atom stereocenters. The lowest BCUT2D eigenvalue weighted by Gasteiger charge is -2.14. The Balaban J connectivity index is 3.84. The molecule has 0 spiro atoms. The minimum absolute atomic E-state index is 0.0778. The van der Waals surface area contributed by atoms with E-state index >= 15 is 0 Å². The summed E-state index contributed by atoms with van der Waals surface area (Å²) >= 11 is 0. The monoisotopic (exact) mass is 605 g/mol. The molecule has 0 bridgehead atoms. The van der Waals surface area contributed by atoms with Crippen LogP contribution in [0.3, 0.4) is 0 Å². The van der Waals surface area contributed by atoms with Crippen molar-refractivity contribution < 1.29 is 19.4 Å². The van der Waals surface area contributed by atoms with E-state index in [4.69, 9.17) is 9.84 Å². The molecule has 0 aliphatic heterocycles. The second-order valence-corrected chi connectivity index (χ2v) is 12.8. The van der Waals surface area contributed by atoms with Gasteiger partial charge < -0.3 is 9.84 Å². The van der Waals surface area contributed by atoms with Gasteiger partial charge in [-0.15, -0.1) is 0 Å². The highest BCUT2D eigenvalue weighted by Gasteiger charge is 2.11. The SMILES string of the molecule is CCCC/C=C\C/C=C\C(CCCCCCC(=O)O)OC(=O)CCCCCCCCCCCCCCCCCCCCC. The van der Waals surface area contributed by atoms with E-state index in [9.17, 15) is 9.59 Å². The molecule has 0 aromatic carbocycles. The molecule has 4 heteroatoms. The van der Waals surface area contributed by atoms with Crippen LogP contribution in [0.2, 0.25) is 0 Å². The van der Waals surface area contributed by atoms with Crippen LogP contribution in [0.15, 0.2) is 24.3 Å². The summed E-state index contributed by atoms with van der Waals surface area (Å²) in [5, 5.41) is 8.80. The average Bonchev–Trinajstić information content (AvgIpc) is 2.99. The molecular weight excluding hydrogens is 532 g/mol. The van der Waals surface area contributed by atoms with E-state index in [1.165, 1.54) is 122 Å². The number of hydrogen-bond donors (Lipinski definition) is 1. The van der Waals surface area contributed by atoms with E-state index in [0.29, 0.717) is 6.42 Å². The maximum atomic E-state index is 12.5. The molecule has 0 aliphatic rings. The van der Waals surface area contributed by atoms with Crippen molar-refractivity contribution in [2.75, 3.05) is 0 Å². The Kier molecular flexibility index (Phi) is 33.6. The lowest BCUT2D eigenvalue weighted by Crippen LogP contribution is -2.16. The molecule has 4 nitrogen and oxygen atoms in total. The minimum Gasteiger partial charge on any atom is -0.481 e. The Morgan fingerprint density at radius 1 is 0.535 bits per heavy atom. The van der Waals surface area contributed by atoms with Crippen LogP contribution in [0.25, 0.3) is 0 Å². The number of carbonyl (C=O) groups excluding carboxylic acids is 1. The number of rotatable bonds is 34. The normalized spacial score (nSPS) is 12.4. The van der Waals surface area contributed by atoms with Gasteiger partial charge in [-0.2, -0.15) is 0 Å². The number of esters is 1. The quantitative estimate of drug-likeness (QED) is 0.0451. The fourth-order valence-corrected chi connectivity index (χ4v) is 5.59. The summed E-state index contributed by atoms with van der Waals surface area (Å²) in [5.41, 5.74) is 0. The minimum atomic E-state index is -0.725. The number of carbonyl (C=O) groups is 2. The van der Waals surface area contributed by atoms with E-state index < -0.39 is 5.97 Å². The number of ether oxygens (including phenoxy) is 1. The van der Waals surface area contributed by atoms with Crippen molar-refractivity contribution in [1.82, 2.24) is 0 Å². The lowest BCUT2D eigenvalue weighted by atomic mass is 10.0. The molecule has 0 aromatic rings. The van der Waals surface area contributed by atoms with E-state index in [-0.39, 0.29) is 18.5 Å². The van der Waals surface area contributed by atoms with Crippen LogP contribution in [-0.4, -0.2) is 23.1 Å². The van der Waals surface area contributed by atoms with Crippen LogP contribution in [0.4, 0.5) is 0 Å². The van der Waals surface area contributed by atoms with Gasteiger partial charge in [0.25, 0.3) is 0 Å². The summed E-state index contributed by atoms with van der Waals surface area (Å²) in [6, 6.07) is 0. The molecule has 0 fully saturated rings. The second kappa shape index (κ2) is 34.9. The number of unbranched alkanes of at least 4 members (excludes halogenated alkanes) is 23. The Morgan fingerprint density at radius 2 is 0.977 bits per heavy atom. The van der Waals surface area contributed by atoms with Gasteiger partial charge in [0.1, 0.15) is 6.10 Å². The van der Waals surface area contributed by atoms with Gasteiger partial charge in [0.2, 0.25) is 0 Å². The standard InChI is InChI=1S/C39H72O4/c1-3-5-7-9-11-12-13-14-15-16-17-18-19-20-21-22-24-26-32-36-39(42)43-37(33-29-25-23-10-8-6-4-2)34-30-27-28-31-35-38(40)41/h10,23,29,33,37H,3-9,11-22,24-28,30-32,34-36H2,1-2H3,(H,40,41)/b23-10-,33-29-. The molecule has 43 heavy (non-hydrogen) atoms. The zero-order valence-electron chi connectivity index (χ0n) is 28.8. The number of allylic oxidation sites excluding steroid dienone is 3. The first-order valence-corrected chi connectivity index (χ1v) is 18.8. The van der Waals surface area contributed by atoms with E-state index in [1.807, 2.05) is 0 Å². The zero-order chi connectivity index (χ0) is 31.5. The van der Waals surface area contributed by atoms with Crippen LogP contribution >= 0.6 is 0 Å². The van der Waals surface area contributed by atoms with Gasteiger partial charge in [-0.05, 0) is 44.6 Å². The van der Waals surface area contributed by atoms with Crippen molar-refractivity contribution in [3.05, 3.63) is 24.3 Å². The first kappa shape index (κ1) is 41.4. The number of hydrogen-bond acceptors (Lipinski definition) is 3. The Morgan fingerprint density at radius 3 is 1.47 bits per heavy atom. The largest absolute Gasteiger partial charge is 0.481 e. The fourth-order valence-electron chi connectivity index (χ4n) is 5.59. The predicted octanol–water partition coefficient (Wildman–Crippen LogP) is 12.8. The number of carboxylic acid groups (broad SMARTS) is 1. The summed E-state index contributed by atoms with van der Waals surface area (Å²) in [4.78, 5) is 23.2. The van der Waals surface area contributed by atoms with Crippen molar-refractivity contribution in [2.24, 2.45) is 0 Å². The summed E-state index contributed by atoms with van der Waals surface area (Å²) in [6.07, 6.45) is 43.6. The van der Waals surface area contributed by atoms with Crippen molar-refractivity contribution in [3.8, 4) is 0 Å². The molecule has 1 N–H and O–H groups in total. The van der Waals surface area contributed by atoms with Gasteiger partial charge in [-0.1, -0.05) is 173 Å². The van der Waals surface area contributed by atoms with Gasteiger partial charge in [-0.25, -0.2) is 0 Å². The topological polar surface area (TPSA) is 63.6 Å². The first-order valence-electron chi connectivity index (χ1n) is 18.8. The van der Waals surface area contributed by atoms with Gasteiger partial charge in [0.15, 0.2) is 0 Å². The summed E-state index contributed by atoms with van der Waals surface area (Å²) in [5.74, 6) is -0.803. The maximum Gasteiger partial charge on any atom is 0.306 e. The van der Waals surface area contributed by atoms with Gasteiger partial charge in [-0.3, -0.25) is 9.59 Å². The third-order valence-electron chi connectivity index (χ3n) is 8.41. The highest BCUT2D eigenvalue weighted by Crippen LogP contribution is 2.16. The summed E-state index contributed by atoms with van der Waals surface area (Å²) in [6.45, 7) is 4.49. The Hall–Kier alpha value is -1.58. The third-order valence-corrected chi connectivity index (χ3v) is 8.41. The Bertz CT molecular complexity index is 654. The highest BCUT2D eigenvalue weighted by atomic mass is 16.5. The van der Waals surface area contributed by atoms with Crippen molar-refractivity contribution >= 4 is 11.9 Å². The second-order valence-electron chi connectivity index (χ2n) is 12.8. The molecule has 0 rings (SSSR count). The van der Waals surface area contributed by atoms with Crippen molar-refractivity contribution in [3.63, 3.8) is 0 Å². The van der Waals surface area contributed by atoms with Crippen molar-refractivity contribution in [1.29, 1.82) is 0 Å². The Labute approximate surface area is 267 Å². The molecule has 0 amide bonds. The zero-order valence-corrected chi connectivity index (χ0v) is 28.8. The van der Waals surface area contributed by atoms with Crippen LogP contribution in [-0.2, 0) is 14.3 Å². The van der Waals surface area contributed by atoms with E-state index in [2.05, 4.69) is 38.2 Å². The van der Waals surface area contributed by atoms with Crippen LogP contribution < -0.4 is 0 Å². The van der Waals surface area contributed by atoms with Crippen LogP contribution in [0.1, 0.15) is 206 Å². The first-order chi connectivity index (χ1) is 21.1. The molecular formula is C39H72O4. The summed E-state index contributed by atoms with van der Waals surface area (Å²) in [7, 11) is 0. The molecule has 0 saturated carbocycles. The van der Waals surface area contributed by atoms with Crippen LogP contribution in [0.5, 0.6) is 0 Å². The van der Waals surface area contributed by atoms with Gasteiger partial charge in [0.05, 0.1) is 0 Å². The van der Waals surface area contributed by atoms with E-state index in [0.717, 1.165) is 57.8 Å². The van der Waals surface area contributed by atoms with Gasteiger partial charge in [0, 0.05) is 12.8 Å². The molecule has 1 unspecified atom stereocenters. The van der Waals surface area contributed by atoms with Gasteiger partial charge >= 0.3 is 11.9 Å². The lowest BCUT2D eigenvalue weighted by molar-refractivity contribution is -0.147. The molecule has 0 radical (unpaired) electrons. The molecule has 0 aliphatic carbocycles.